The standard InChI is InChI=1S/C31H36N4O8/c1-34(2)20-11-16(13-33-12-14-5-7-17(36)8-6-14)25(37)22-18(20)9-15-10-19-24(35(3)4)27(39)23(30(32)42)29(41)31(19,43)28(40)21(15)26(22)38/h5-8,11,15,19,24,33,36-38,41,43H,9-10,12-13H2,1-4H3,(H2,32,42)/t15-,19-,24-,31-/m0/s1. The molecular weight excluding hydrogens is 556 g/mol. The van der Waals surface area contributed by atoms with Crippen molar-refractivity contribution in [3.63, 3.8) is 0 Å². The van der Waals surface area contributed by atoms with Crippen LogP contribution in [0.5, 0.6) is 11.5 Å². The smallest absolute Gasteiger partial charge is 0.255 e. The Morgan fingerprint density at radius 3 is 2.28 bits per heavy atom. The van der Waals surface area contributed by atoms with E-state index in [4.69, 9.17) is 5.73 Å². The third-order valence-corrected chi connectivity index (χ3v) is 8.84. The minimum Gasteiger partial charge on any atom is -0.508 e. The number of phenolic OH excluding ortho intramolecular Hbond substituents is 2. The van der Waals surface area contributed by atoms with E-state index in [2.05, 4.69) is 5.32 Å². The van der Waals surface area contributed by atoms with Crippen LogP contribution in [0.3, 0.4) is 0 Å². The number of primary amides is 1. The number of amides is 1. The van der Waals surface area contributed by atoms with E-state index < -0.39 is 58.0 Å². The van der Waals surface area contributed by atoms with E-state index in [-0.39, 0.29) is 42.0 Å². The third kappa shape index (κ3) is 4.62. The Kier molecular flexibility index (Phi) is 7.49. The predicted octanol–water partition coefficient (Wildman–Crippen LogP) is 1.03. The molecule has 3 aliphatic rings. The van der Waals surface area contributed by atoms with Gasteiger partial charge in [0.1, 0.15) is 28.6 Å². The van der Waals surface area contributed by atoms with Gasteiger partial charge in [0.15, 0.2) is 11.4 Å². The van der Waals surface area contributed by atoms with E-state index in [1.54, 1.807) is 44.4 Å². The molecule has 1 saturated carbocycles. The molecule has 5 rings (SSSR count). The fourth-order valence-electron chi connectivity index (χ4n) is 6.84. The molecule has 12 nitrogen and oxygen atoms in total. The highest BCUT2D eigenvalue weighted by atomic mass is 16.3. The van der Waals surface area contributed by atoms with Crippen LogP contribution in [0.25, 0.3) is 5.76 Å². The van der Waals surface area contributed by atoms with Gasteiger partial charge in [0, 0.05) is 49.9 Å². The Morgan fingerprint density at radius 1 is 1.05 bits per heavy atom. The number of rotatable bonds is 7. The summed E-state index contributed by atoms with van der Waals surface area (Å²) < 4.78 is 0. The number of hydrogen-bond donors (Lipinski definition) is 7. The summed E-state index contributed by atoms with van der Waals surface area (Å²) in [5, 5.41) is 58.6. The molecule has 1 amide bonds. The van der Waals surface area contributed by atoms with Crippen LogP contribution in [0.1, 0.15) is 28.7 Å². The first-order chi connectivity index (χ1) is 20.2. The Labute approximate surface area is 248 Å². The van der Waals surface area contributed by atoms with Crippen LogP contribution < -0.4 is 16.0 Å². The van der Waals surface area contributed by atoms with Gasteiger partial charge in [0.2, 0.25) is 5.78 Å². The number of phenols is 2. The van der Waals surface area contributed by atoms with Crippen LogP contribution in [-0.4, -0.2) is 87.7 Å². The molecule has 43 heavy (non-hydrogen) atoms. The lowest BCUT2D eigenvalue weighted by molar-refractivity contribution is -0.153. The number of ketones is 2. The first-order valence-electron chi connectivity index (χ1n) is 13.9. The largest absolute Gasteiger partial charge is 0.508 e. The van der Waals surface area contributed by atoms with Crippen LogP contribution in [-0.2, 0) is 33.9 Å². The number of aliphatic hydroxyl groups excluding tert-OH is 2. The summed E-state index contributed by atoms with van der Waals surface area (Å²) >= 11 is 0. The number of hydrogen-bond acceptors (Lipinski definition) is 11. The van der Waals surface area contributed by atoms with Gasteiger partial charge in [-0.2, -0.15) is 0 Å². The molecule has 2 aromatic rings. The summed E-state index contributed by atoms with van der Waals surface area (Å²) in [5.41, 5.74) is 4.35. The SMILES string of the molecule is CN(C)c1cc(CNCc2ccc(O)cc2)c(O)c2c1C[C@H]1C[C@H]3[C@H](N(C)C)C(=O)C(C(N)=O)=C(O)[C@@]3(O)C(=O)C1=C2O. The molecule has 1 fully saturated rings. The number of aromatic hydroxyl groups is 2. The van der Waals surface area contributed by atoms with Gasteiger partial charge >= 0.3 is 0 Å². The summed E-state index contributed by atoms with van der Waals surface area (Å²) in [7, 11) is 6.76. The fraction of sp³-hybridized carbons (Fsp3) is 0.387. The van der Waals surface area contributed by atoms with E-state index >= 15 is 0 Å². The molecule has 228 valence electrons. The lowest BCUT2D eigenvalue weighted by Crippen LogP contribution is -2.65. The number of nitrogens with one attached hydrogen (secondary N) is 1. The molecule has 0 aromatic heterocycles. The number of nitrogens with two attached hydrogens (primary N) is 1. The maximum absolute atomic E-state index is 14.1. The maximum atomic E-state index is 14.1. The second kappa shape index (κ2) is 10.7. The number of aliphatic hydroxyl groups is 3. The Hall–Kier alpha value is -4.39. The van der Waals surface area contributed by atoms with Crippen LogP contribution in [0.4, 0.5) is 5.69 Å². The lowest BCUT2D eigenvalue weighted by atomic mass is 9.57. The molecule has 0 spiro atoms. The number of anilines is 1. The zero-order chi connectivity index (χ0) is 31.5. The van der Waals surface area contributed by atoms with Crippen LogP contribution in [0, 0.1) is 11.8 Å². The highest BCUT2D eigenvalue weighted by Crippen LogP contribution is 2.54. The molecule has 12 heteroatoms. The van der Waals surface area contributed by atoms with Crippen molar-refractivity contribution >= 4 is 28.9 Å². The maximum Gasteiger partial charge on any atom is 0.255 e. The van der Waals surface area contributed by atoms with Gasteiger partial charge in [-0.3, -0.25) is 19.3 Å². The second-order valence-corrected chi connectivity index (χ2v) is 11.9. The third-order valence-electron chi connectivity index (χ3n) is 8.84. The number of likely N-dealkylation sites (N-methyl/N-ethyl adjacent to an activating group) is 1. The zero-order valence-corrected chi connectivity index (χ0v) is 24.4. The first kappa shape index (κ1) is 30.1. The van der Waals surface area contributed by atoms with Gasteiger partial charge in [0.25, 0.3) is 5.91 Å². The molecule has 4 atom stereocenters. The summed E-state index contributed by atoms with van der Waals surface area (Å²) in [4.78, 5) is 42.8. The van der Waals surface area contributed by atoms with E-state index in [1.807, 2.05) is 19.0 Å². The van der Waals surface area contributed by atoms with Crippen molar-refractivity contribution < 1.29 is 39.9 Å². The van der Waals surface area contributed by atoms with Crippen molar-refractivity contribution in [1.82, 2.24) is 10.2 Å². The van der Waals surface area contributed by atoms with Gasteiger partial charge < -0.3 is 41.5 Å². The molecule has 0 radical (unpaired) electrons. The van der Waals surface area contributed by atoms with Crippen molar-refractivity contribution in [1.29, 1.82) is 0 Å². The molecule has 8 N–H and O–H groups in total. The molecule has 2 aromatic carbocycles. The molecule has 3 aliphatic carbocycles. The van der Waals surface area contributed by atoms with Crippen molar-refractivity contribution in [3.05, 3.63) is 69.5 Å². The Bertz CT molecular complexity index is 1590. The van der Waals surface area contributed by atoms with Gasteiger partial charge in [-0.05, 0) is 62.2 Å². The fourth-order valence-corrected chi connectivity index (χ4v) is 6.84. The monoisotopic (exact) mass is 592 g/mol. The number of carbonyl (C=O) groups excluding carboxylic acids is 3. The van der Waals surface area contributed by atoms with E-state index in [0.717, 1.165) is 5.56 Å². The van der Waals surface area contributed by atoms with Crippen molar-refractivity contribution in [2.45, 2.75) is 37.6 Å². The molecule has 0 saturated heterocycles. The molecule has 0 unspecified atom stereocenters. The predicted molar refractivity (Wildman–Crippen MR) is 157 cm³/mol. The molecule has 0 heterocycles. The van der Waals surface area contributed by atoms with E-state index in [9.17, 15) is 39.9 Å². The summed E-state index contributed by atoms with van der Waals surface area (Å²) in [6.45, 7) is 0.626. The first-order valence-corrected chi connectivity index (χ1v) is 13.9. The van der Waals surface area contributed by atoms with Gasteiger partial charge in [-0.25, -0.2) is 0 Å². The number of benzene rings is 2. The second-order valence-electron chi connectivity index (χ2n) is 11.9. The normalized spacial score (nSPS) is 25.0. The minimum atomic E-state index is -2.69. The van der Waals surface area contributed by atoms with Gasteiger partial charge in [0.05, 0.1) is 11.6 Å². The average Bonchev–Trinajstić information content (AvgIpc) is 2.92. The minimum absolute atomic E-state index is 0.0231. The van der Waals surface area contributed by atoms with E-state index in [1.165, 1.54) is 4.90 Å². The van der Waals surface area contributed by atoms with Crippen molar-refractivity contribution in [2.24, 2.45) is 17.6 Å². The molecule has 0 bridgehead atoms. The summed E-state index contributed by atoms with van der Waals surface area (Å²) in [6.07, 6.45) is 0.228. The number of fused-ring (bicyclic) bond motifs is 3. The summed E-state index contributed by atoms with van der Waals surface area (Å²) in [6, 6.07) is 7.33. The van der Waals surface area contributed by atoms with Crippen molar-refractivity contribution in [3.8, 4) is 11.5 Å². The molecular formula is C31H36N4O8. The Morgan fingerprint density at radius 2 is 1.70 bits per heavy atom. The van der Waals surface area contributed by atoms with Crippen molar-refractivity contribution in [2.75, 3.05) is 33.1 Å². The number of nitrogens with zero attached hydrogens (tertiary/aromatic N) is 2. The lowest BCUT2D eigenvalue weighted by Gasteiger charge is -2.50. The van der Waals surface area contributed by atoms with Gasteiger partial charge in [-0.1, -0.05) is 12.1 Å². The average molecular weight is 593 g/mol. The van der Waals surface area contributed by atoms with Gasteiger partial charge in [-0.15, -0.1) is 0 Å². The molecule has 0 aliphatic heterocycles. The number of carbonyl (C=O) groups is 3. The Balaban J connectivity index is 1.61. The topological polar surface area (TPSA) is 197 Å². The zero-order valence-electron chi connectivity index (χ0n) is 24.4. The van der Waals surface area contributed by atoms with Crippen LogP contribution in [0.2, 0.25) is 0 Å². The van der Waals surface area contributed by atoms with E-state index in [0.29, 0.717) is 23.4 Å². The quantitative estimate of drug-likeness (QED) is 0.227. The van der Waals surface area contributed by atoms with Crippen LogP contribution >= 0.6 is 0 Å². The highest BCUT2D eigenvalue weighted by Gasteiger charge is 2.64. The summed E-state index contributed by atoms with van der Waals surface area (Å²) in [5.74, 6) is -6.64. The highest BCUT2D eigenvalue weighted by molar-refractivity contribution is 6.24. The van der Waals surface area contributed by atoms with Crippen LogP contribution in [0.15, 0.2) is 47.2 Å². The number of Topliss-reactive ketones (excluding diaryl/α,β-unsaturated/α-hetero) is 2.